The molecule has 1 N–H and O–H groups in total. The van der Waals surface area contributed by atoms with Crippen LogP contribution in [0.4, 0.5) is 0 Å². The van der Waals surface area contributed by atoms with Gasteiger partial charge in [-0.15, -0.1) is 0 Å². The number of hydrogen-bond acceptors (Lipinski definition) is 2. The highest BCUT2D eigenvalue weighted by Crippen LogP contribution is 2.20. The predicted octanol–water partition coefficient (Wildman–Crippen LogP) is 3.97. The molecule has 1 amide bonds. The summed E-state index contributed by atoms with van der Waals surface area (Å²) in [6, 6.07) is 8.68. The van der Waals surface area contributed by atoms with Crippen LogP contribution in [0.15, 0.2) is 24.3 Å². The fourth-order valence-electron chi connectivity index (χ4n) is 3.03. The third kappa shape index (κ3) is 5.35. The van der Waals surface area contributed by atoms with E-state index < -0.39 is 0 Å². The highest BCUT2D eigenvalue weighted by atomic mass is 16.2. The van der Waals surface area contributed by atoms with Gasteiger partial charge in [0, 0.05) is 25.0 Å². The first-order valence-corrected chi connectivity index (χ1v) is 8.99. The summed E-state index contributed by atoms with van der Waals surface area (Å²) in [6.45, 7) is 12.5. The van der Waals surface area contributed by atoms with Crippen LogP contribution < -0.4 is 5.32 Å². The van der Waals surface area contributed by atoms with Gasteiger partial charge in [-0.3, -0.25) is 9.69 Å². The number of amides is 1. The van der Waals surface area contributed by atoms with E-state index in [-0.39, 0.29) is 11.3 Å². The molecule has 0 spiro atoms. The van der Waals surface area contributed by atoms with E-state index in [1.54, 1.807) is 0 Å². The molecule has 3 nitrogen and oxygen atoms in total. The van der Waals surface area contributed by atoms with E-state index in [0.717, 1.165) is 18.9 Å². The SMILES string of the molecule is CCC(C)(C)C(=O)NCc1ccc(CN2CCCC(C)C2)cc1. The molecule has 23 heavy (non-hydrogen) atoms. The lowest BCUT2D eigenvalue weighted by atomic mass is 9.89. The van der Waals surface area contributed by atoms with E-state index in [4.69, 9.17) is 0 Å². The second-order valence-corrected chi connectivity index (χ2v) is 7.72. The standard InChI is InChI=1S/C20H32N2O/c1-5-20(3,4)19(23)21-13-17-8-10-18(11-9-17)15-22-12-6-7-16(2)14-22/h8-11,16H,5-7,12-15H2,1-4H3,(H,21,23). The topological polar surface area (TPSA) is 32.3 Å². The molecule has 0 saturated carbocycles. The molecule has 1 heterocycles. The molecule has 128 valence electrons. The molecule has 1 aliphatic rings. The molecule has 2 rings (SSSR count). The lowest BCUT2D eigenvalue weighted by molar-refractivity contribution is -0.129. The summed E-state index contributed by atoms with van der Waals surface area (Å²) < 4.78 is 0. The molecule has 1 aromatic carbocycles. The number of carbonyl (C=O) groups excluding carboxylic acids is 1. The van der Waals surface area contributed by atoms with E-state index in [1.807, 2.05) is 13.8 Å². The van der Waals surface area contributed by atoms with E-state index in [1.165, 1.54) is 37.1 Å². The van der Waals surface area contributed by atoms with Crippen molar-refractivity contribution in [2.45, 2.75) is 60.0 Å². The van der Waals surface area contributed by atoms with Crippen LogP contribution in [0.3, 0.4) is 0 Å². The van der Waals surface area contributed by atoms with Crippen molar-refractivity contribution in [3.8, 4) is 0 Å². The van der Waals surface area contributed by atoms with Crippen LogP contribution in [0.1, 0.15) is 58.1 Å². The first-order valence-electron chi connectivity index (χ1n) is 8.99. The zero-order chi connectivity index (χ0) is 16.9. The summed E-state index contributed by atoms with van der Waals surface area (Å²) in [4.78, 5) is 14.7. The molecular formula is C20H32N2O. The summed E-state index contributed by atoms with van der Waals surface area (Å²) in [7, 11) is 0. The van der Waals surface area contributed by atoms with Crippen molar-refractivity contribution < 1.29 is 4.79 Å². The van der Waals surface area contributed by atoms with Gasteiger partial charge in [-0.1, -0.05) is 52.0 Å². The summed E-state index contributed by atoms with van der Waals surface area (Å²) in [5, 5.41) is 3.05. The predicted molar refractivity (Wildman–Crippen MR) is 96.0 cm³/mol. The maximum absolute atomic E-state index is 12.1. The van der Waals surface area contributed by atoms with Gasteiger partial charge in [-0.05, 0) is 42.9 Å². The van der Waals surface area contributed by atoms with Crippen LogP contribution in [0.25, 0.3) is 0 Å². The van der Waals surface area contributed by atoms with Gasteiger partial charge in [0.1, 0.15) is 0 Å². The lowest BCUT2D eigenvalue weighted by Gasteiger charge is -2.30. The van der Waals surface area contributed by atoms with E-state index in [2.05, 4.69) is 48.3 Å². The Hall–Kier alpha value is -1.35. The van der Waals surface area contributed by atoms with Crippen LogP contribution in [-0.4, -0.2) is 23.9 Å². The Labute approximate surface area is 141 Å². The summed E-state index contributed by atoms with van der Waals surface area (Å²) in [5.74, 6) is 0.950. The lowest BCUT2D eigenvalue weighted by Crippen LogP contribution is -2.36. The molecule has 1 aliphatic heterocycles. The Morgan fingerprint density at radius 2 is 1.91 bits per heavy atom. The van der Waals surface area contributed by atoms with Crippen LogP contribution in [0.5, 0.6) is 0 Å². The van der Waals surface area contributed by atoms with Crippen LogP contribution >= 0.6 is 0 Å². The molecule has 0 radical (unpaired) electrons. The highest BCUT2D eigenvalue weighted by molar-refractivity contribution is 5.81. The number of benzene rings is 1. The number of rotatable bonds is 6. The normalized spacial score (nSPS) is 19.6. The van der Waals surface area contributed by atoms with Crippen molar-refractivity contribution in [1.82, 2.24) is 10.2 Å². The number of nitrogens with zero attached hydrogens (tertiary/aromatic N) is 1. The second-order valence-electron chi connectivity index (χ2n) is 7.72. The summed E-state index contributed by atoms with van der Waals surface area (Å²) >= 11 is 0. The average molecular weight is 316 g/mol. The molecule has 1 aromatic rings. The maximum Gasteiger partial charge on any atom is 0.225 e. The Morgan fingerprint density at radius 1 is 1.26 bits per heavy atom. The number of likely N-dealkylation sites (tertiary alicyclic amines) is 1. The monoisotopic (exact) mass is 316 g/mol. The average Bonchev–Trinajstić information content (AvgIpc) is 2.54. The van der Waals surface area contributed by atoms with Gasteiger partial charge in [0.2, 0.25) is 5.91 Å². The van der Waals surface area contributed by atoms with Gasteiger partial charge in [0.05, 0.1) is 0 Å². The largest absolute Gasteiger partial charge is 0.352 e. The van der Waals surface area contributed by atoms with Gasteiger partial charge < -0.3 is 5.32 Å². The smallest absolute Gasteiger partial charge is 0.225 e. The summed E-state index contributed by atoms with van der Waals surface area (Å²) in [5.41, 5.74) is 2.24. The van der Waals surface area contributed by atoms with E-state index in [9.17, 15) is 4.79 Å². The summed E-state index contributed by atoms with van der Waals surface area (Å²) in [6.07, 6.45) is 3.54. The maximum atomic E-state index is 12.1. The number of nitrogens with one attached hydrogen (secondary N) is 1. The Bertz CT molecular complexity index is 507. The third-order valence-corrected chi connectivity index (χ3v) is 5.12. The molecule has 1 unspecified atom stereocenters. The molecule has 1 atom stereocenters. The zero-order valence-electron chi connectivity index (χ0n) is 15.2. The number of piperidine rings is 1. The minimum absolute atomic E-state index is 0.131. The van der Waals surface area contributed by atoms with Crippen molar-refractivity contribution in [2.24, 2.45) is 11.3 Å². The first-order chi connectivity index (χ1) is 10.9. The molecule has 1 saturated heterocycles. The molecule has 0 aromatic heterocycles. The molecule has 0 bridgehead atoms. The minimum Gasteiger partial charge on any atom is -0.352 e. The van der Waals surface area contributed by atoms with Gasteiger partial charge >= 0.3 is 0 Å². The van der Waals surface area contributed by atoms with Crippen molar-refractivity contribution in [3.05, 3.63) is 35.4 Å². The minimum atomic E-state index is -0.287. The quantitative estimate of drug-likeness (QED) is 0.861. The molecule has 1 fully saturated rings. The van der Waals surface area contributed by atoms with Crippen LogP contribution in [0.2, 0.25) is 0 Å². The number of hydrogen-bond donors (Lipinski definition) is 1. The highest BCUT2D eigenvalue weighted by Gasteiger charge is 2.24. The van der Waals surface area contributed by atoms with Crippen molar-refractivity contribution in [2.75, 3.05) is 13.1 Å². The van der Waals surface area contributed by atoms with E-state index >= 15 is 0 Å². The van der Waals surface area contributed by atoms with E-state index in [0.29, 0.717) is 6.54 Å². The Balaban J connectivity index is 1.83. The second kappa shape index (κ2) is 7.96. The Kier molecular flexibility index (Phi) is 6.23. The fourth-order valence-corrected chi connectivity index (χ4v) is 3.03. The molecule has 0 aliphatic carbocycles. The van der Waals surface area contributed by atoms with Gasteiger partial charge in [-0.25, -0.2) is 0 Å². The van der Waals surface area contributed by atoms with Crippen molar-refractivity contribution in [3.63, 3.8) is 0 Å². The van der Waals surface area contributed by atoms with Crippen LogP contribution in [0, 0.1) is 11.3 Å². The third-order valence-electron chi connectivity index (χ3n) is 5.12. The first kappa shape index (κ1) is 18.0. The van der Waals surface area contributed by atoms with Gasteiger partial charge in [0.25, 0.3) is 0 Å². The van der Waals surface area contributed by atoms with Gasteiger partial charge in [-0.2, -0.15) is 0 Å². The number of carbonyl (C=O) groups is 1. The zero-order valence-corrected chi connectivity index (χ0v) is 15.2. The van der Waals surface area contributed by atoms with Gasteiger partial charge in [0.15, 0.2) is 0 Å². The van der Waals surface area contributed by atoms with Crippen molar-refractivity contribution in [1.29, 1.82) is 0 Å². The molecule has 3 heteroatoms. The van der Waals surface area contributed by atoms with Crippen LogP contribution in [-0.2, 0) is 17.9 Å². The van der Waals surface area contributed by atoms with Crippen molar-refractivity contribution >= 4 is 5.91 Å². The fraction of sp³-hybridized carbons (Fsp3) is 0.650. The molecular weight excluding hydrogens is 284 g/mol. The Morgan fingerprint density at radius 3 is 2.52 bits per heavy atom.